The molecule has 0 unspecified atom stereocenters. The van der Waals surface area contributed by atoms with E-state index >= 15 is 0 Å². The monoisotopic (exact) mass is 458 g/mol. The number of nitrogens with one attached hydrogen (secondary N) is 4. The largest absolute Gasteiger partial charge is 0.376 e. The minimum absolute atomic E-state index is 0.0707. The number of benzene rings is 3. The molecule has 0 fully saturated rings. The van der Waals surface area contributed by atoms with Gasteiger partial charge in [-0.1, -0.05) is 17.7 Å². The van der Waals surface area contributed by atoms with E-state index in [-0.39, 0.29) is 29.8 Å². The summed E-state index contributed by atoms with van der Waals surface area (Å²) < 4.78 is 0. The Hall–Kier alpha value is -4.13. The summed E-state index contributed by atoms with van der Waals surface area (Å²) in [4.78, 5) is 36.8. The molecule has 0 aliphatic heterocycles. The fourth-order valence-electron chi connectivity index (χ4n) is 3.17. The quantitative estimate of drug-likeness (QED) is 0.408. The highest BCUT2D eigenvalue weighted by atomic mass is 16.2. The van der Waals surface area contributed by atoms with Crippen LogP contribution in [-0.2, 0) is 4.79 Å². The Morgan fingerprint density at radius 1 is 0.706 bits per heavy atom. The number of rotatable bonds is 7. The van der Waals surface area contributed by atoms with Crippen LogP contribution < -0.4 is 21.3 Å². The molecular weight excluding hydrogens is 428 g/mol. The van der Waals surface area contributed by atoms with Crippen molar-refractivity contribution in [2.75, 3.05) is 22.5 Å². The van der Waals surface area contributed by atoms with Gasteiger partial charge in [0.2, 0.25) is 5.91 Å². The maximum atomic E-state index is 12.4. The maximum Gasteiger partial charge on any atom is 0.255 e. The zero-order valence-corrected chi connectivity index (χ0v) is 19.9. The lowest BCUT2D eigenvalue weighted by Gasteiger charge is -2.20. The van der Waals surface area contributed by atoms with Crippen molar-refractivity contribution in [3.63, 3.8) is 0 Å². The van der Waals surface area contributed by atoms with Crippen LogP contribution in [0, 0.1) is 6.92 Å². The first-order chi connectivity index (χ1) is 16.1. The van der Waals surface area contributed by atoms with Crippen molar-refractivity contribution in [2.45, 2.75) is 33.2 Å². The molecule has 7 nitrogen and oxygen atoms in total. The molecule has 0 aliphatic rings. The molecule has 4 N–H and O–H groups in total. The summed E-state index contributed by atoms with van der Waals surface area (Å²) in [6, 6.07) is 21.3. The van der Waals surface area contributed by atoms with Crippen LogP contribution >= 0.6 is 0 Å². The van der Waals surface area contributed by atoms with Gasteiger partial charge in [0, 0.05) is 33.7 Å². The summed E-state index contributed by atoms with van der Waals surface area (Å²) in [7, 11) is 0. The smallest absolute Gasteiger partial charge is 0.255 e. The Morgan fingerprint density at radius 2 is 1.29 bits per heavy atom. The van der Waals surface area contributed by atoms with Gasteiger partial charge in [0.1, 0.15) is 0 Å². The first-order valence-electron chi connectivity index (χ1n) is 11.0. The van der Waals surface area contributed by atoms with Crippen molar-refractivity contribution in [3.8, 4) is 0 Å². The lowest BCUT2D eigenvalue weighted by atomic mass is 10.1. The topological polar surface area (TPSA) is 99.3 Å². The lowest BCUT2D eigenvalue weighted by molar-refractivity contribution is -0.114. The van der Waals surface area contributed by atoms with Crippen molar-refractivity contribution < 1.29 is 14.4 Å². The normalized spacial score (nSPS) is 10.8. The summed E-state index contributed by atoms with van der Waals surface area (Å²) in [6.07, 6.45) is 0. The lowest BCUT2D eigenvalue weighted by Crippen LogP contribution is -2.40. The van der Waals surface area contributed by atoms with Crippen LogP contribution in [-0.4, -0.2) is 29.8 Å². The number of carbonyl (C=O) groups is 3. The summed E-state index contributed by atoms with van der Waals surface area (Å²) in [6.45, 7) is 7.76. The first-order valence-corrected chi connectivity index (χ1v) is 11.0. The number of carbonyl (C=O) groups excluding carboxylic acids is 3. The third-order valence-corrected chi connectivity index (χ3v) is 4.80. The molecule has 0 heterocycles. The molecule has 0 saturated heterocycles. The Bertz CT molecular complexity index is 1160. The van der Waals surface area contributed by atoms with Crippen LogP contribution in [0.25, 0.3) is 0 Å². The number of hydrogen-bond donors (Lipinski definition) is 4. The van der Waals surface area contributed by atoms with Crippen molar-refractivity contribution in [3.05, 3.63) is 89.5 Å². The maximum absolute atomic E-state index is 12.4. The number of hydrogen-bond acceptors (Lipinski definition) is 4. The predicted octanol–water partition coefficient (Wildman–Crippen LogP) is 4.83. The molecule has 3 rings (SSSR count). The highest BCUT2D eigenvalue weighted by molar-refractivity contribution is 6.04. The van der Waals surface area contributed by atoms with Gasteiger partial charge in [-0.05, 0) is 88.4 Å². The molecule has 34 heavy (non-hydrogen) atoms. The molecule has 3 aromatic carbocycles. The van der Waals surface area contributed by atoms with Gasteiger partial charge >= 0.3 is 0 Å². The van der Waals surface area contributed by atoms with E-state index in [0.717, 1.165) is 11.3 Å². The van der Waals surface area contributed by atoms with Crippen molar-refractivity contribution in [1.82, 2.24) is 5.32 Å². The molecule has 0 aliphatic carbocycles. The molecule has 0 aromatic heterocycles. The van der Waals surface area contributed by atoms with Gasteiger partial charge in [0.15, 0.2) is 0 Å². The fraction of sp³-hybridized carbons (Fsp3) is 0.222. The van der Waals surface area contributed by atoms with E-state index in [1.165, 1.54) is 0 Å². The van der Waals surface area contributed by atoms with E-state index < -0.39 is 0 Å². The van der Waals surface area contributed by atoms with Gasteiger partial charge in [-0.3, -0.25) is 14.4 Å². The van der Waals surface area contributed by atoms with Crippen LogP contribution in [0.4, 0.5) is 17.1 Å². The second kappa shape index (κ2) is 10.7. The van der Waals surface area contributed by atoms with Crippen molar-refractivity contribution in [1.29, 1.82) is 0 Å². The summed E-state index contributed by atoms with van der Waals surface area (Å²) in [5.74, 6) is -0.556. The van der Waals surface area contributed by atoms with E-state index in [1.54, 1.807) is 54.6 Å². The van der Waals surface area contributed by atoms with Crippen LogP contribution in [0.1, 0.15) is 47.1 Å². The van der Waals surface area contributed by atoms with E-state index in [1.807, 2.05) is 45.9 Å². The molecule has 0 saturated carbocycles. The Kier molecular flexibility index (Phi) is 7.68. The number of aryl methyl sites for hydroxylation is 1. The van der Waals surface area contributed by atoms with Crippen LogP contribution in [0.15, 0.2) is 72.8 Å². The number of amides is 3. The van der Waals surface area contributed by atoms with Crippen LogP contribution in [0.2, 0.25) is 0 Å². The van der Waals surface area contributed by atoms with Gasteiger partial charge in [-0.2, -0.15) is 0 Å². The van der Waals surface area contributed by atoms with Gasteiger partial charge < -0.3 is 21.3 Å². The van der Waals surface area contributed by atoms with E-state index in [4.69, 9.17) is 0 Å². The SMILES string of the molecule is Cc1cccc(C(=O)Nc2ccc(NCC(=O)Nc3ccc(C(=O)NC(C)(C)C)cc3)cc2)c1. The number of anilines is 3. The second-order valence-electron chi connectivity index (χ2n) is 9.08. The third-order valence-electron chi connectivity index (χ3n) is 4.80. The molecule has 3 amide bonds. The summed E-state index contributed by atoms with van der Waals surface area (Å²) in [5.41, 5.74) is 3.85. The average molecular weight is 459 g/mol. The highest BCUT2D eigenvalue weighted by Gasteiger charge is 2.15. The molecule has 176 valence electrons. The summed E-state index contributed by atoms with van der Waals surface area (Å²) >= 11 is 0. The standard InChI is InChI=1S/C27H30N4O3/c1-18-6-5-7-20(16-18)25(33)30-23-14-12-21(13-15-23)28-17-24(32)29-22-10-8-19(9-11-22)26(34)31-27(2,3)4/h5-16,28H,17H2,1-4H3,(H,29,32)(H,30,33)(H,31,34). The second-order valence-corrected chi connectivity index (χ2v) is 9.08. The van der Waals surface area contributed by atoms with Gasteiger partial charge in [0.05, 0.1) is 6.54 Å². The molecule has 0 atom stereocenters. The van der Waals surface area contributed by atoms with Crippen molar-refractivity contribution in [2.24, 2.45) is 0 Å². The Morgan fingerprint density at radius 3 is 1.91 bits per heavy atom. The van der Waals surface area contributed by atoms with Crippen molar-refractivity contribution >= 4 is 34.8 Å². The first kappa shape index (κ1) is 24.5. The fourth-order valence-corrected chi connectivity index (χ4v) is 3.17. The molecule has 0 radical (unpaired) electrons. The highest BCUT2D eigenvalue weighted by Crippen LogP contribution is 2.16. The minimum atomic E-state index is -0.319. The predicted molar refractivity (Wildman–Crippen MR) is 136 cm³/mol. The van der Waals surface area contributed by atoms with Gasteiger partial charge in [0.25, 0.3) is 11.8 Å². The zero-order chi connectivity index (χ0) is 24.7. The van der Waals surface area contributed by atoms with E-state index in [9.17, 15) is 14.4 Å². The molecule has 3 aromatic rings. The molecule has 0 bridgehead atoms. The molecular formula is C27H30N4O3. The van der Waals surface area contributed by atoms with Crippen LogP contribution in [0.5, 0.6) is 0 Å². The Labute approximate surface area is 200 Å². The average Bonchev–Trinajstić information content (AvgIpc) is 2.78. The molecule has 7 heteroatoms. The third kappa shape index (κ3) is 7.48. The van der Waals surface area contributed by atoms with E-state index in [2.05, 4.69) is 21.3 Å². The van der Waals surface area contributed by atoms with E-state index in [0.29, 0.717) is 22.5 Å². The summed E-state index contributed by atoms with van der Waals surface area (Å²) in [5, 5.41) is 11.6. The van der Waals surface area contributed by atoms with Gasteiger partial charge in [-0.15, -0.1) is 0 Å². The van der Waals surface area contributed by atoms with Gasteiger partial charge in [-0.25, -0.2) is 0 Å². The zero-order valence-electron chi connectivity index (χ0n) is 19.9. The molecule has 0 spiro atoms. The van der Waals surface area contributed by atoms with Crippen LogP contribution in [0.3, 0.4) is 0 Å². The Balaban J connectivity index is 1.47. The minimum Gasteiger partial charge on any atom is -0.376 e.